The summed E-state index contributed by atoms with van der Waals surface area (Å²) in [6.07, 6.45) is 84.3. The van der Waals surface area contributed by atoms with Crippen LogP contribution in [0.3, 0.4) is 0 Å². The molecule has 6 nitrogen and oxygen atoms in total. The number of carbonyl (C=O) groups excluding carboxylic acids is 2. The van der Waals surface area contributed by atoms with E-state index in [1.165, 1.54) is 347 Å². The van der Waals surface area contributed by atoms with E-state index in [0.29, 0.717) is 19.4 Å². The van der Waals surface area contributed by atoms with Crippen molar-refractivity contribution < 1.29 is 24.5 Å². The number of unbranched alkanes of at least 4 members (excludes halogenated alkanes) is 57. The van der Waals surface area contributed by atoms with E-state index in [0.717, 1.165) is 38.5 Å². The van der Waals surface area contributed by atoms with Crippen molar-refractivity contribution in [2.24, 2.45) is 0 Å². The van der Waals surface area contributed by atoms with Crippen LogP contribution in [0.2, 0.25) is 0 Å². The number of rotatable bonds is 68. The highest BCUT2D eigenvalue weighted by Gasteiger charge is 2.18. The Morgan fingerprint density at radius 1 is 0.346 bits per heavy atom. The minimum absolute atomic E-state index is 0.0205. The van der Waals surface area contributed by atoms with Crippen LogP contribution >= 0.6 is 0 Å². The van der Waals surface area contributed by atoms with Crippen LogP contribution in [0.5, 0.6) is 0 Å². The van der Waals surface area contributed by atoms with E-state index in [1.807, 2.05) is 6.08 Å². The average Bonchev–Trinajstić information content (AvgIpc) is 3.44. The van der Waals surface area contributed by atoms with Crippen LogP contribution < -0.4 is 5.32 Å². The van der Waals surface area contributed by atoms with Crippen LogP contribution in [0.4, 0.5) is 0 Å². The maximum atomic E-state index is 12.5. The number of nitrogens with one attached hydrogen (secondary N) is 1. The fourth-order valence-electron chi connectivity index (χ4n) is 11.6. The second-order valence-corrected chi connectivity index (χ2v) is 24.9. The maximum absolute atomic E-state index is 12.5. The molecule has 0 aliphatic heterocycles. The molecule has 1 amide bonds. The predicted molar refractivity (Wildman–Crippen MR) is 343 cm³/mol. The van der Waals surface area contributed by atoms with Gasteiger partial charge in [0.05, 0.1) is 25.4 Å². The van der Waals surface area contributed by atoms with E-state index < -0.39 is 12.1 Å². The van der Waals surface area contributed by atoms with E-state index in [-0.39, 0.29) is 18.5 Å². The van der Waals surface area contributed by atoms with Crippen LogP contribution in [-0.4, -0.2) is 47.4 Å². The SMILES string of the molecule is CCCCCCCCCCCCCCCCCCC/C=C/C(O)C(CO)NC(=O)CCCCCCCCCCCCCCCCCCCCCCCCCCOC(=O)CCCCCCCCCCCCCCCCCCCC. The Labute approximate surface area is 489 Å². The largest absolute Gasteiger partial charge is 0.466 e. The van der Waals surface area contributed by atoms with Gasteiger partial charge in [-0.15, -0.1) is 0 Å². The first-order valence-electron chi connectivity index (χ1n) is 36.0. The highest BCUT2D eigenvalue weighted by atomic mass is 16.5. The van der Waals surface area contributed by atoms with Gasteiger partial charge in [-0.1, -0.05) is 379 Å². The molecule has 78 heavy (non-hydrogen) atoms. The van der Waals surface area contributed by atoms with Crippen molar-refractivity contribution >= 4 is 11.9 Å². The van der Waals surface area contributed by atoms with Gasteiger partial charge in [0.2, 0.25) is 5.91 Å². The molecule has 0 aromatic heterocycles. The second kappa shape index (κ2) is 68.1. The van der Waals surface area contributed by atoms with Gasteiger partial charge in [-0.2, -0.15) is 0 Å². The summed E-state index contributed by atoms with van der Waals surface area (Å²) < 4.78 is 5.51. The number of aliphatic hydroxyl groups excluding tert-OH is 2. The fraction of sp³-hybridized carbons (Fsp3) is 0.944. The molecule has 0 aliphatic carbocycles. The van der Waals surface area contributed by atoms with Gasteiger partial charge < -0.3 is 20.3 Å². The molecule has 0 bridgehead atoms. The van der Waals surface area contributed by atoms with Crippen molar-refractivity contribution in [2.75, 3.05) is 13.2 Å². The third-order valence-electron chi connectivity index (χ3n) is 17.1. The molecule has 0 saturated carbocycles. The van der Waals surface area contributed by atoms with Gasteiger partial charge >= 0.3 is 5.97 Å². The molecule has 2 unspecified atom stereocenters. The van der Waals surface area contributed by atoms with Crippen molar-refractivity contribution in [3.8, 4) is 0 Å². The standard InChI is InChI=1S/C72H141NO5/c1-3-5-7-9-11-13-15-17-19-21-29-32-36-40-44-48-52-56-60-64-70(75)69(68-74)73-71(76)65-61-57-53-49-45-41-37-33-30-27-25-23-24-26-28-31-35-39-43-47-51-55-59-63-67-78-72(77)66-62-58-54-50-46-42-38-34-22-20-18-16-14-12-10-8-6-4-2/h60,64,69-70,74-75H,3-59,61-63,65-68H2,1-2H3,(H,73,76)/b64-60+. The molecule has 0 fully saturated rings. The van der Waals surface area contributed by atoms with Crippen molar-refractivity contribution in [1.82, 2.24) is 5.32 Å². The Bertz CT molecular complexity index is 1180. The minimum atomic E-state index is -0.844. The summed E-state index contributed by atoms with van der Waals surface area (Å²) in [5.41, 5.74) is 0. The zero-order valence-electron chi connectivity index (χ0n) is 53.2. The summed E-state index contributed by atoms with van der Waals surface area (Å²) in [7, 11) is 0. The molecule has 0 aromatic carbocycles. The molecule has 6 heteroatoms. The lowest BCUT2D eigenvalue weighted by atomic mass is 10.0. The second-order valence-electron chi connectivity index (χ2n) is 24.9. The molecule has 0 saturated heterocycles. The fourth-order valence-corrected chi connectivity index (χ4v) is 11.6. The van der Waals surface area contributed by atoms with Crippen molar-refractivity contribution in [3.63, 3.8) is 0 Å². The van der Waals surface area contributed by atoms with Gasteiger partial charge in [0.1, 0.15) is 0 Å². The highest BCUT2D eigenvalue weighted by molar-refractivity contribution is 5.76. The zero-order chi connectivity index (χ0) is 56.4. The minimum Gasteiger partial charge on any atom is -0.466 e. The highest BCUT2D eigenvalue weighted by Crippen LogP contribution is 2.19. The van der Waals surface area contributed by atoms with Crippen LogP contribution in [-0.2, 0) is 14.3 Å². The molecular weight excluding hydrogens is 959 g/mol. The number of amides is 1. The zero-order valence-corrected chi connectivity index (χ0v) is 53.2. The van der Waals surface area contributed by atoms with E-state index in [4.69, 9.17) is 4.74 Å². The van der Waals surface area contributed by atoms with E-state index in [1.54, 1.807) is 6.08 Å². The molecule has 0 rings (SSSR count). The monoisotopic (exact) mass is 1100 g/mol. The van der Waals surface area contributed by atoms with Gasteiger partial charge in [0, 0.05) is 12.8 Å². The average molecular weight is 1100 g/mol. The number of hydrogen-bond donors (Lipinski definition) is 3. The molecule has 0 aliphatic rings. The number of hydrogen-bond acceptors (Lipinski definition) is 5. The van der Waals surface area contributed by atoms with Gasteiger partial charge in [0.25, 0.3) is 0 Å². The number of aliphatic hydroxyl groups is 2. The first-order chi connectivity index (χ1) is 38.5. The molecule has 0 heterocycles. The molecule has 3 N–H and O–H groups in total. The van der Waals surface area contributed by atoms with Gasteiger partial charge in [0.15, 0.2) is 0 Å². The lowest BCUT2D eigenvalue weighted by molar-refractivity contribution is -0.143. The number of carbonyl (C=O) groups is 2. The topological polar surface area (TPSA) is 95.9 Å². The number of allylic oxidation sites excluding steroid dienone is 1. The predicted octanol–water partition coefficient (Wildman–Crippen LogP) is 23.1. The van der Waals surface area contributed by atoms with Crippen molar-refractivity contribution in [1.29, 1.82) is 0 Å². The van der Waals surface area contributed by atoms with E-state index >= 15 is 0 Å². The Morgan fingerprint density at radius 3 is 0.872 bits per heavy atom. The van der Waals surface area contributed by atoms with Crippen LogP contribution in [0, 0.1) is 0 Å². The third kappa shape index (κ3) is 63.8. The molecule has 0 spiro atoms. The van der Waals surface area contributed by atoms with Crippen LogP contribution in [0.25, 0.3) is 0 Å². The first kappa shape index (κ1) is 76.6. The van der Waals surface area contributed by atoms with Crippen molar-refractivity contribution in [3.05, 3.63) is 12.2 Å². The van der Waals surface area contributed by atoms with Gasteiger partial charge in [-0.25, -0.2) is 0 Å². The van der Waals surface area contributed by atoms with Crippen LogP contribution in [0.15, 0.2) is 12.2 Å². The maximum Gasteiger partial charge on any atom is 0.305 e. The Hall–Kier alpha value is -1.40. The molecule has 464 valence electrons. The summed E-state index contributed by atoms with van der Waals surface area (Å²) in [6.45, 7) is 4.96. The van der Waals surface area contributed by atoms with E-state index in [9.17, 15) is 19.8 Å². The smallest absolute Gasteiger partial charge is 0.305 e. The molecule has 0 radical (unpaired) electrons. The normalized spacial score (nSPS) is 12.5. The summed E-state index contributed by atoms with van der Waals surface area (Å²) in [6, 6.07) is -0.627. The van der Waals surface area contributed by atoms with Gasteiger partial charge in [-0.3, -0.25) is 9.59 Å². The summed E-state index contributed by atoms with van der Waals surface area (Å²) >= 11 is 0. The summed E-state index contributed by atoms with van der Waals surface area (Å²) in [4.78, 5) is 24.6. The summed E-state index contributed by atoms with van der Waals surface area (Å²) in [5, 5.41) is 23.2. The van der Waals surface area contributed by atoms with Crippen molar-refractivity contribution in [2.45, 2.75) is 424 Å². The molecule has 2 atom stereocenters. The lowest BCUT2D eigenvalue weighted by Crippen LogP contribution is -2.45. The van der Waals surface area contributed by atoms with Gasteiger partial charge in [-0.05, 0) is 32.1 Å². The Morgan fingerprint density at radius 2 is 0.590 bits per heavy atom. The molecular formula is C72H141NO5. The summed E-state index contributed by atoms with van der Waals surface area (Å²) in [5.74, 6) is -0.0419. The third-order valence-corrected chi connectivity index (χ3v) is 17.1. The quantitative estimate of drug-likeness (QED) is 0.0320. The Balaban J connectivity index is 3.36. The Kier molecular flexibility index (Phi) is 66.9. The first-order valence-corrected chi connectivity index (χ1v) is 36.0. The van der Waals surface area contributed by atoms with E-state index in [2.05, 4.69) is 19.2 Å². The van der Waals surface area contributed by atoms with Crippen LogP contribution in [0.1, 0.15) is 412 Å². The number of esters is 1. The lowest BCUT2D eigenvalue weighted by Gasteiger charge is -2.20. The molecule has 0 aromatic rings. The number of ether oxygens (including phenoxy) is 1.